The summed E-state index contributed by atoms with van der Waals surface area (Å²) < 4.78 is 0. The van der Waals surface area contributed by atoms with Crippen LogP contribution >= 0.6 is 0 Å². The van der Waals surface area contributed by atoms with Crippen molar-refractivity contribution in [1.29, 1.82) is 0 Å². The topological polar surface area (TPSA) is 24.4 Å². The Bertz CT molecular complexity index is 389. The summed E-state index contributed by atoms with van der Waals surface area (Å²) in [5.41, 5.74) is 1.47. The van der Waals surface area contributed by atoms with Crippen LogP contribution in [0.15, 0.2) is 35.3 Å². The molecule has 0 amide bonds. The van der Waals surface area contributed by atoms with Gasteiger partial charge in [0.1, 0.15) is 0 Å². The van der Waals surface area contributed by atoms with E-state index in [9.17, 15) is 0 Å². The highest BCUT2D eigenvalue weighted by Crippen LogP contribution is 2.36. The van der Waals surface area contributed by atoms with E-state index in [1.807, 2.05) is 0 Å². The van der Waals surface area contributed by atoms with Crippen LogP contribution in [0.25, 0.3) is 0 Å². The molecule has 0 unspecified atom stereocenters. The second kappa shape index (κ2) is 4.91. The SMILES string of the molecule is c1ccc([C@H]2CCC[C@H]2N=C2CCCN2)cc1. The normalized spacial score (nSPS) is 30.7. The number of aliphatic imine (C=N–C) groups is 1. The summed E-state index contributed by atoms with van der Waals surface area (Å²) in [6.07, 6.45) is 6.27. The van der Waals surface area contributed by atoms with Crippen LogP contribution in [0.3, 0.4) is 0 Å². The van der Waals surface area contributed by atoms with E-state index in [2.05, 4.69) is 35.6 Å². The average molecular weight is 228 g/mol. The Labute approximate surface area is 103 Å². The van der Waals surface area contributed by atoms with Gasteiger partial charge >= 0.3 is 0 Å². The predicted molar refractivity (Wildman–Crippen MR) is 71.5 cm³/mol. The van der Waals surface area contributed by atoms with Crippen molar-refractivity contribution >= 4 is 5.84 Å². The van der Waals surface area contributed by atoms with Gasteiger partial charge in [-0.15, -0.1) is 0 Å². The second-order valence-electron chi connectivity index (χ2n) is 5.12. The molecule has 1 aromatic rings. The summed E-state index contributed by atoms with van der Waals surface area (Å²) in [6, 6.07) is 11.4. The lowest BCUT2D eigenvalue weighted by atomic mass is 9.94. The van der Waals surface area contributed by atoms with Gasteiger partial charge in [0, 0.05) is 18.9 Å². The van der Waals surface area contributed by atoms with Gasteiger partial charge < -0.3 is 5.32 Å². The molecule has 2 heteroatoms. The lowest BCUT2D eigenvalue weighted by Crippen LogP contribution is -2.19. The number of amidine groups is 1. The fourth-order valence-electron chi connectivity index (χ4n) is 3.07. The van der Waals surface area contributed by atoms with Gasteiger partial charge in [-0.3, -0.25) is 4.99 Å². The number of hydrogen-bond acceptors (Lipinski definition) is 1. The second-order valence-corrected chi connectivity index (χ2v) is 5.12. The molecule has 2 fully saturated rings. The largest absolute Gasteiger partial charge is 0.374 e. The molecule has 1 aliphatic heterocycles. The van der Waals surface area contributed by atoms with E-state index < -0.39 is 0 Å². The number of nitrogens with one attached hydrogen (secondary N) is 1. The van der Waals surface area contributed by atoms with Crippen LogP contribution in [0.1, 0.15) is 43.6 Å². The maximum absolute atomic E-state index is 4.94. The smallest absolute Gasteiger partial charge is 0.0967 e. The summed E-state index contributed by atoms with van der Waals surface area (Å²) in [4.78, 5) is 4.94. The molecule has 2 aliphatic rings. The lowest BCUT2D eigenvalue weighted by molar-refractivity contribution is 0.613. The minimum atomic E-state index is 0.512. The molecule has 2 atom stereocenters. The molecule has 0 spiro atoms. The number of nitrogens with zero attached hydrogens (tertiary/aromatic N) is 1. The van der Waals surface area contributed by atoms with Crippen molar-refractivity contribution in [3.05, 3.63) is 35.9 Å². The van der Waals surface area contributed by atoms with Crippen molar-refractivity contribution in [1.82, 2.24) is 5.32 Å². The molecule has 1 aromatic carbocycles. The summed E-state index contributed by atoms with van der Waals surface area (Å²) in [5.74, 6) is 1.89. The van der Waals surface area contributed by atoms with E-state index in [4.69, 9.17) is 4.99 Å². The molecule has 0 bridgehead atoms. The van der Waals surface area contributed by atoms with Crippen LogP contribution in [0.5, 0.6) is 0 Å². The zero-order valence-electron chi connectivity index (χ0n) is 10.2. The molecular weight excluding hydrogens is 208 g/mol. The first-order valence-electron chi connectivity index (χ1n) is 6.79. The Hall–Kier alpha value is -1.31. The zero-order chi connectivity index (χ0) is 11.5. The Morgan fingerprint density at radius 3 is 2.71 bits per heavy atom. The molecule has 0 aromatic heterocycles. The van der Waals surface area contributed by atoms with Crippen LogP contribution in [0, 0.1) is 0 Å². The van der Waals surface area contributed by atoms with Crippen molar-refractivity contribution in [3.8, 4) is 0 Å². The van der Waals surface area contributed by atoms with Gasteiger partial charge in [-0.1, -0.05) is 36.8 Å². The minimum Gasteiger partial charge on any atom is -0.374 e. The molecule has 90 valence electrons. The summed E-state index contributed by atoms with van der Waals surface area (Å²) in [5, 5.41) is 3.41. The maximum atomic E-state index is 4.94. The molecule has 2 nitrogen and oxygen atoms in total. The Kier molecular flexibility index (Phi) is 3.12. The Morgan fingerprint density at radius 1 is 1.06 bits per heavy atom. The molecule has 1 saturated heterocycles. The Balaban J connectivity index is 1.78. The van der Waals surface area contributed by atoms with Gasteiger partial charge in [0.15, 0.2) is 0 Å². The van der Waals surface area contributed by atoms with Crippen LogP contribution in [0.4, 0.5) is 0 Å². The van der Waals surface area contributed by atoms with Crippen LogP contribution in [0.2, 0.25) is 0 Å². The minimum absolute atomic E-state index is 0.512. The molecule has 1 N–H and O–H groups in total. The number of benzene rings is 1. The summed E-state index contributed by atoms with van der Waals surface area (Å²) in [6.45, 7) is 1.11. The zero-order valence-corrected chi connectivity index (χ0v) is 10.2. The first-order chi connectivity index (χ1) is 8.43. The molecule has 1 heterocycles. The van der Waals surface area contributed by atoms with E-state index >= 15 is 0 Å². The highest BCUT2D eigenvalue weighted by molar-refractivity contribution is 5.84. The third-order valence-corrected chi connectivity index (χ3v) is 3.95. The molecular formula is C15H20N2. The van der Waals surface area contributed by atoms with Gasteiger partial charge in [0.25, 0.3) is 0 Å². The van der Waals surface area contributed by atoms with Gasteiger partial charge in [0.2, 0.25) is 0 Å². The number of rotatable bonds is 2. The molecule has 3 rings (SSSR count). The van der Waals surface area contributed by atoms with E-state index in [0.717, 1.165) is 13.0 Å². The maximum Gasteiger partial charge on any atom is 0.0967 e. The van der Waals surface area contributed by atoms with E-state index in [-0.39, 0.29) is 0 Å². The van der Waals surface area contributed by atoms with Gasteiger partial charge in [-0.05, 0) is 24.8 Å². The quantitative estimate of drug-likeness (QED) is 0.826. The van der Waals surface area contributed by atoms with E-state index in [1.54, 1.807) is 0 Å². The highest BCUT2D eigenvalue weighted by Gasteiger charge is 2.28. The predicted octanol–water partition coefficient (Wildman–Crippen LogP) is 3.10. The first kappa shape index (κ1) is 10.8. The molecule has 1 saturated carbocycles. The number of hydrogen-bond donors (Lipinski definition) is 1. The van der Waals surface area contributed by atoms with Crippen LogP contribution in [-0.4, -0.2) is 18.4 Å². The van der Waals surface area contributed by atoms with Crippen LogP contribution < -0.4 is 5.32 Å². The summed E-state index contributed by atoms with van der Waals surface area (Å²) >= 11 is 0. The monoisotopic (exact) mass is 228 g/mol. The molecule has 0 radical (unpaired) electrons. The lowest BCUT2D eigenvalue weighted by Gasteiger charge is -2.17. The first-order valence-corrected chi connectivity index (χ1v) is 6.79. The van der Waals surface area contributed by atoms with Crippen LogP contribution in [-0.2, 0) is 0 Å². The molecule has 1 aliphatic carbocycles. The fourth-order valence-corrected chi connectivity index (χ4v) is 3.07. The van der Waals surface area contributed by atoms with Gasteiger partial charge in [-0.25, -0.2) is 0 Å². The van der Waals surface area contributed by atoms with E-state index in [1.165, 1.54) is 37.1 Å². The highest BCUT2D eigenvalue weighted by atomic mass is 15.0. The Morgan fingerprint density at radius 2 is 1.94 bits per heavy atom. The third kappa shape index (κ3) is 2.36. The van der Waals surface area contributed by atoms with Crippen molar-refractivity contribution < 1.29 is 0 Å². The fraction of sp³-hybridized carbons (Fsp3) is 0.533. The standard InChI is InChI=1S/C15H20N2/c1-2-6-12(7-3-1)13-8-4-9-14(13)17-15-10-5-11-16-15/h1-3,6-7,13-14H,4-5,8-11H2,(H,16,17)/t13-,14-/m1/s1. The molecule has 17 heavy (non-hydrogen) atoms. The van der Waals surface area contributed by atoms with Gasteiger partial charge in [0.05, 0.1) is 11.9 Å². The van der Waals surface area contributed by atoms with Crippen molar-refractivity contribution in [2.45, 2.75) is 44.1 Å². The van der Waals surface area contributed by atoms with Crippen molar-refractivity contribution in [2.24, 2.45) is 4.99 Å². The average Bonchev–Trinajstić information content (AvgIpc) is 3.02. The van der Waals surface area contributed by atoms with Crippen molar-refractivity contribution in [3.63, 3.8) is 0 Å². The summed E-state index contributed by atoms with van der Waals surface area (Å²) in [7, 11) is 0. The van der Waals surface area contributed by atoms with E-state index in [0.29, 0.717) is 12.0 Å². The van der Waals surface area contributed by atoms with Crippen molar-refractivity contribution in [2.75, 3.05) is 6.54 Å². The van der Waals surface area contributed by atoms with Gasteiger partial charge in [-0.2, -0.15) is 0 Å². The third-order valence-electron chi connectivity index (χ3n) is 3.95.